The third-order valence-corrected chi connectivity index (χ3v) is 5.93. The molecule has 0 atom stereocenters. The number of ether oxygens (including phenoxy) is 1. The number of nitrogens with one attached hydrogen (secondary N) is 1. The zero-order valence-corrected chi connectivity index (χ0v) is 13.7. The Labute approximate surface area is 131 Å². The van der Waals surface area contributed by atoms with Crippen LogP contribution in [0.1, 0.15) is 41.6 Å². The van der Waals surface area contributed by atoms with Gasteiger partial charge in [0.15, 0.2) is 0 Å². The van der Waals surface area contributed by atoms with Gasteiger partial charge in [-0.25, -0.2) is 17.9 Å². The summed E-state index contributed by atoms with van der Waals surface area (Å²) in [5.41, 5.74) is 6.06. The van der Waals surface area contributed by atoms with Crippen molar-refractivity contribution in [3.05, 3.63) is 29.3 Å². The summed E-state index contributed by atoms with van der Waals surface area (Å²) >= 11 is 0. The molecule has 1 aromatic rings. The number of carbonyl (C=O) groups excluding carboxylic acids is 1. The van der Waals surface area contributed by atoms with E-state index in [0.29, 0.717) is 11.1 Å². The molecule has 22 heavy (non-hydrogen) atoms. The number of hydrogen-bond donors (Lipinski definition) is 2. The van der Waals surface area contributed by atoms with E-state index in [1.807, 2.05) is 0 Å². The first kappa shape index (κ1) is 16.9. The molecule has 0 heterocycles. The van der Waals surface area contributed by atoms with Crippen molar-refractivity contribution in [2.45, 2.75) is 43.0 Å². The molecule has 0 spiro atoms. The number of carbonyl (C=O) groups is 1. The second kappa shape index (κ2) is 6.36. The smallest absolute Gasteiger partial charge is 0.337 e. The molecule has 2 rings (SSSR count). The molecule has 1 aromatic carbocycles. The zero-order valence-electron chi connectivity index (χ0n) is 12.9. The molecule has 0 radical (unpaired) electrons. The number of benzene rings is 1. The minimum atomic E-state index is -3.68. The molecule has 1 fully saturated rings. The van der Waals surface area contributed by atoms with Crippen LogP contribution in [0.25, 0.3) is 0 Å². The number of hydrogen-bond acceptors (Lipinski definition) is 5. The molecule has 3 N–H and O–H groups in total. The van der Waals surface area contributed by atoms with Gasteiger partial charge in [0.25, 0.3) is 0 Å². The van der Waals surface area contributed by atoms with Crippen LogP contribution in [-0.2, 0) is 14.8 Å². The predicted molar refractivity (Wildman–Crippen MR) is 83.1 cm³/mol. The highest BCUT2D eigenvalue weighted by molar-refractivity contribution is 7.89. The number of rotatable bonds is 5. The summed E-state index contributed by atoms with van der Waals surface area (Å²) in [5, 5.41) is 0. The predicted octanol–water partition coefficient (Wildman–Crippen LogP) is 1.33. The molecule has 1 aliphatic rings. The molecular formula is C15H22N2O4S. The van der Waals surface area contributed by atoms with Crippen molar-refractivity contribution in [2.75, 3.05) is 13.7 Å². The lowest BCUT2D eigenvalue weighted by Gasteiger charge is -2.28. The number of esters is 1. The molecule has 0 aliphatic heterocycles. The second-order valence-corrected chi connectivity index (χ2v) is 7.42. The van der Waals surface area contributed by atoms with Gasteiger partial charge in [-0.3, -0.25) is 0 Å². The Morgan fingerprint density at radius 1 is 1.36 bits per heavy atom. The van der Waals surface area contributed by atoms with Gasteiger partial charge >= 0.3 is 5.97 Å². The first-order valence-electron chi connectivity index (χ1n) is 7.27. The van der Waals surface area contributed by atoms with E-state index in [9.17, 15) is 13.2 Å². The monoisotopic (exact) mass is 326 g/mol. The molecule has 7 heteroatoms. The Kier molecular flexibility index (Phi) is 4.89. The lowest BCUT2D eigenvalue weighted by atomic mass is 10.0. The van der Waals surface area contributed by atoms with E-state index in [4.69, 9.17) is 5.73 Å². The molecule has 1 aliphatic carbocycles. The topological polar surface area (TPSA) is 98.5 Å². The van der Waals surface area contributed by atoms with Gasteiger partial charge in [-0.05, 0) is 43.5 Å². The van der Waals surface area contributed by atoms with E-state index in [-0.39, 0.29) is 11.4 Å². The number of methoxy groups -OCH3 is 1. The van der Waals surface area contributed by atoms with E-state index in [1.165, 1.54) is 25.3 Å². The second-order valence-electron chi connectivity index (χ2n) is 5.77. The summed E-state index contributed by atoms with van der Waals surface area (Å²) in [6, 6.07) is 4.41. The van der Waals surface area contributed by atoms with Crippen molar-refractivity contribution in [3.63, 3.8) is 0 Å². The molecule has 0 bridgehead atoms. The summed E-state index contributed by atoms with van der Waals surface area (Å²) in [5.74, 6) is -0.491. The maximum atomic E-state index is 12.6. The molecule has 122 valence electrons. The maximum Gasteiger partial charge on any atom is 0.337 e. The van der Waals surface area contributed by atoms with Gasteiger partial charge in [0.1, 0.15) is 0 Å². The summed E-state index contributed by atoms with van der Waals surface area (Å²) in [7, 11) is -2.39. The van der Waals surface area contributed by atoms with Crippen LogP contribution in [0.5, 0.6) is 0 Å². The van der Waals surface area contributed by atoms with Crippen molar-refractivity contribution < 1.29 is 17.9 Å². The average Bonchev–Trinajstić information content (AvgIpc) is 2.94. The zero-order chi connectivity index (χ0) is 16.4. The van der Waals surface area contributed by atoms with Crippen LogP contribution in [0.3, 0.4) is 0 Å². The van der Waals surface area contributed by atoms with Crippen molar-refractivity contribution in [1.82, 2.24) is 4.72 Å². The third kappa shape index (κ3) is 3.31. The van der Waals surface area contributed by atoms with Gasteiger partial charge < -0.3 is 10.5 Å². The highest BCUT2D eigenvalue weighted by atomic mass is 32.2. The first-order chi connectivity index (χ1) is 10.3. The van der Waals surface area contributed by atoms with Crippen LogP contribution in [0.2, 0.25) is 0 Å². The lowest BCUT2D eigenvalue weighted by Crippen LogP contribution is -2.51. The van der Waals surface area contributed by atoms with Gasteiger partial charge in [0, 0.05) is 12.1 Å². The minimum absolute atomic E-state index is 0.167. The van der Waals surface area contributed by atoms with E-state index in [0.717, 1.165) is 25.7 Å². The molecular weight excluding hydrogens is 304 g/mol. The molecule has 0 saturated heterocycles. The molecule has 6 nitrogen and oxygen atoms in total. The van der Waals surface area contributed by atoms with Crippen LogP contribution in [0.15, 0.2) is 23.1 Å². The van der Waals surface area contributed by atoms with E-state index >= 15 is 0 Å². The Morgan fingerprint density at radius 3 is 2.50 bits per heavy atom. The molecule has 0 unspecified atom stereocenters. The van der Waals surface area contributed by atoms with Crippen LogP contribution >= 0.6 is 0 Å². The highest BCUT2D eigenvalue weighted by Crippen LogP contribution is 2.31. The fourth-order valence-corrected chi connectivity index (χ4v) is 4.63. The lowest BCUT2D eigenvalue weighted by molar-refractivity contribution is 0.0600. The summed E-state index contributed by atoms with van der Waals surface area (Å²) in [6.45, 7) is 1.94. The van der Waals surface area contributed by atoms with Gasteiger partial charge in [-0.1, -0.05) is 12.8 Å². The molecule has 0 amide bonds. The van der Waals surface area contributed by atoms with Crippen LogP contribution in [-0.4, -0.2) is 33.6 Å². The minimum Gasteiger partial charge on any atom is -0.465 e. The van der Waals surface area contributed by atoms with E-state index in [2.05, 4.69) is 9.46 Å². The molecule has 1 saturated carbocycles. The number of nitrogens with two attached hydrogens (primary N) is 1. The highest BCUT2D eigenvalue weighted by Gasteiger charge is 2.37. The summed E-state index contributed by atoms with van der Waals surface area (Å²) in [4.78, 5) is 11.7. The van der Waals surface area contributed by atoms with Gasteiger partial charge in [-0.2, -0.15) is 0 Å². The van der Waals surface area contributed by atoms with Crippen LogP contribution in [0, 0.1) is 6.92 Å². The maximum absolute atomic E-state index is 12.6. The first-order valence-corrected chi connectivity index (χ1v) is 8.75. The summed E-state index contributed by atoms with van der Waals surface area (Å²) in [6.07, 6.45) is 3.45. The van der Waals surface area contributed by atoms with Crippen molar-refractivity contribution in [1.29, 1.82) is 0 Å². The number of aryl methyl sites for hydroxylation is 1. The van der Waals surface area contributed by atoms with Gasteiger partial charge in [-0.15, -0.1) is 0 Å². The summed E-state index contributed by atoms with van der Waals surface area (Å²) < 4.78 is 32.7. The van der Waals surface area contributed by atoms with E-state index < -0.39 is 21.5 Å². The van der Waals surface area contributed by atoms with Crippen molar-refractivity contribution >= 4 is 16.0 Å². The van der Waals surface area contributed by atoms with Crippen LogP contribution < -0.4 is 10.5 Å². The van der Waals surface area contributed by atoms with Gasteiger partial charge in [0.05, 0.1) is 17.6 Å². The Balaban J connectivity index is 2.31. The van der Waals surface area contributed by atoms with Crippen LogP contribution in [0.4, 0.5) is 0 Å². The van der Waals surface area contributed by atoms with E-state index in [1.54, 1.807) is 6.92 Å². The van der Waals surface area contributed by atoms with Crippen molar-refractivity contribution in [3.8, 4) is 0 Å². The third-order valence-electron chi connectivity index (χ3n) is 4.19. The fraction of sp³-hybridized carbons (Fsp3) is 0.533. The Hall–Kier alpha value is -1.44. The normalized spacial score (nSPS) is 17.4. The van der Waals surface area contributed by atoms with Crippen molar-refractivity contribution in [2.24, 2.45) is 5.73 Å². The largest absolute Gasteiger partial charge is 0.465 e. The Bertz CT molecular complexity index is 664. The standard InChI is InChI=1S/C15H22N2O4S/c1-11-9-12(14(18)21-2)5-6-13(11)22(19,20)17-15(10-16)7-3-4-8-15/h5-6,9,17H,3-4,7-8,10,16H2,1-2H3. The SMILES string of the molecule is COC(=O)c1ccc(S(=O)(=O)NC2(CN)CCCC2)c(C)c1. The molecule has 0 aromatic heterocycles. The quantitative estimate of drug-likeness (QED) is 0.795. The van der Waals surface area contributed by atoms with Gasteiger partial charge in [0.2, 0.25) is 10.0 Å². The fourth-order valence-electron chi connectivity index (χ4n) is 2.94. The number of sulfonamides is 1. The Morgan fingerprint density at radius 2 is 2.00 bits per heavy atom. The average molecular weight is 326 g/mol.